The molecule has 2 rings (SSSR count). The zero-order chi connectivity index (χ0) is 18.4. The second-order valence-electron chi connectivity index (χ2n) is 7.07. The Bertz CT molecular complexity index is 597. The third-order valence-corrected chi connectivity index (χ3v) is 4.92. The molecule has 1 aliphatic heterocycles. The fraction of sp³-hybridized carbons (Fsp3) is 0.579. The normalized spacial score (nSPS) is 16.0. The van der Waals surface area contributed by atoms with E-state index in [1.807, 2.05) is 25.1 Å². The van der Waals surface area contributed by atoms with Crippen LogP contribution in [0.5, 0.6) is 0 Å². The van der Waals surface area contributed by atoms with Crippen molar-refractivity contribution in [1.82, 2.24) is 14.7 Å². The Labute approximate surface area is 150 Å². The molecule has 25 heavy (non-hydrogen) atoms. The highest BCUT2D eigenvalue weighted by molar-refractivity contribution is 6.39. The summed E-state index contributed by atoms with van der Waals surface area (Å²) in [5.74, 6) is -1.09. The number of nitrogens with zero attached hydrogens (tertiary/aromatic N) is 3. The Morgan fingerprint density at radius 3 is 2.52 bits per heavy atom. The zero-order valence-corrected chi connectivity index (χ0v) is 15.8. The highest BCUT2D eigenvalue weighted by Gasteiger charge is 2.22. The van der Waals surface area contributed by atoms with E-state index in [4.69, 9.17) is 0 Å². The molecule has 1 aromatic carbocycles. The Morgan fingerprint density at radius 2 is 1.88 bits per heavy atom. The first-order valence-electron chi connectivity index (χ1n) is 8.88. The molecule has 1 fully saturated rings. The lowest BCUT2D eigenvalue weighted by atomic mass is 10.0. The van der Waals surface area contributed by atoms with Gasteiger partial charge in [0.2, 0.25) is 0 Å². The van der Waals surface area contributed by atoms with Crippen LogP contribution in [0.1, 0.15) is 18.4 Å². The van der Waals surface area contributed by atoms with E-state index < -0.39 is 11.8 Å². The summed E-state index contributed by atoms with van der Waals surface area (Å²) in [6.07, 6.45) is 2.30. The summed E-state index contributed by atoms with van der Waals surface area (Å²) in [6.45, 7) is 5.49. The molecular formula is C19H30N4O2. The smallest absolute Gasteiger partial charge is 0.313 e. The number of hydrogen-bond acceptors (Lipinski definition) is 4. The minimum Gasteiger partial charge on any atom is -0.336 e. The van der Waals surface area contributed by atoms with Crippen molar-refractivity contribution in [2.24, 2.45) is 0 Å². The molecule has 0 saturated carbocycles. The lowest BCUT2D eigenvalue weighted by Crippen LogP contribution is -2.46. The van der Waals surface area contributed by atoms with Gasteiger partial charge in [0, 0.05) is 31.9 Å². The van der Waals surface area contributed by atoms with Gasteiger partial charge in [0.15, 0.2) is 0 Å². The number of likely N-dealkylation sites (tertiary alicyclic amines) is 1. The predicted molar refractivity (Wildman–Crippen MR) is 101 cm³/mol. The van der Waals surface area contributed by atoms with Crippen LogP contribution in [0.15, 0.2) is 24.3 Å². The number of nitrogens with one attached hydrogen (secondary N) is 1. The second-order valence-corrected chi connectivity index (χ2v) is 7.07. The molecule has 0 unspecified atom stereocenters. The van der Waals surface area contributed by atoms with E-state index in [1.165, 1.54) is 4.90 Å². The minimum atomic E-state index is -0.588. The van der Waals surface area contributed by atoms with Gasteiger partial charge in [-0.2, -0.15) is 0 Å². The third-order valence-electron chi connectivity index (χ3n) is 4.92. The van der Waals surface area contributed by atoms with Crippen molar-refractivity contribution in [3.05, 3.63) is 29.8 Å². The number of carbonyl (C=O) groups is 2. The highest BCUT2D eigenvalue weighted by atomic mass is 16.2. The minimum absolute atomic E-state index is 0.502. The summed E-state index contributed by atoms with van der Waals surface area (Å²) >= 11 is 0. The molecule has 0 bridgehead atoms. The van der Waals surface area contributed by atoms with Crippen LogP contribution < -0.4 is 5.32 Å². The number of benzene rings is 1. The largest absolute Gasteiger partial charge is 0.336 e. The second kappa shape index (κ2) is 8.97. The molecule has 1 N–H and O–H groups in total. The van der Waals surface area contributed by atoms with E-state index in [9.17, 15) is 9.59 Å². The highest BCUT2D eigenvalue weighted by Crippen LogP contribution is 2.14. The maximum Gasteiger partial charge on any atom is 0.313 e. The molecule has 2 amide bonds. The first kappa shape index (κ1) is 19.4. The number of hydrogen-bond donors (Lipinski definition) is 1. The summed E-state index contributed by atoms with van der Waals surface area (Å²) in [6, 6.07) is 7.99. The molecular weight excluding hydrogens is 316 g/mol. The maximum absolute atomic E-state index is 12.3. The van der Waals surface area contributed by atoms with Gasteiger partial charge in [-0.1, -0.05) is 12.1 Å². The first-order chi connectivity index (χ1) is 11.9. The molecule has 0 radical (unpaired) electrons. The molecule has 138 valence electrons. The van der Waals surface area contributed by atoms with Gasteiger partial charge in [0.25, 0.3) is 0 Å². The quantitative estimate of drug-likeness (QED) is 0.819. The van der Waals surface area contributed by atoms with Crippen molar-refractivity contribution >= 4 is 17.5 Å². The lowest BCUT2D eigenvalue weighted by molar-refractivity contribution is -0.142. The lowest BCUT2D eigenvalue weighted by Gasteiger charge is -2.35. The van der Waals surface area contributed by atoms with Crippen LogP contribution in [0.3, 0.4) is 0 Å². The number of piperidine rings is 1. The monoisotopic (exact) mass is 346 g/mol. The first-order valence-corrected chi connectivity index (χ1v) is 8.88. The Morgan fingerprint density at radius 1 is 1.20 bits per heavy atom. The van der Waals surface area contributed by atoms with E-state index >= 15 is 0 Å². The number of rotatable bonds is 5. The standard InChI is InChI=1S/C19H30N4O2/c1-15-6-5-7-16(14-15)20-18(24)19(25)23(4)13-12-22(3)17-8-10-21(2)11-9-17/h5-7,14,17H,8-13H2,1-4H3,(H,20,24). The number of amides is 2. The van der Waals surface area contributed by atoms with Crippen molar-refractivity contribution < 1.29 is 9.59 Å². The van der Waals surface area contributed by atoms with Crippen molar-refractivity contribution in [1.29, 1.82) is 0 Å². The van der Waals surface area contributed by atoms with Gasteiger partial charge < -0.3 is 20.0 Å². The molecule has 6 nitrogen and oxygen atoms in total. The Hall–Kier alpha value is -1.92. The number of carbonyl (C=O) groups excluding carboxylic acids is 2. The summed E-state index contributed by atoms with van der Waals surface area (Å²) in [5.41, 5.74) is 1.69. The summed E-state index contributed by atoms with van der Waals surface area (Å²) in [5, 5.41) is 2.67. The SMILES string of the molecule is Cc1cccc(NC(=O)C(=O)N(C)CCN(C)C2CCN(C)CC2)c1. The summed E-state index contributed by atoms with van der Waals surface area (Å²) < 4.78 is 0. The van der Waals surface area contributed by atoms with E-state index in [2.05, 4.69) is 29.2 Å². The van der Waals surface area contributed by atoms with Crippen LogP contribution in [0.2, 0.25) is 0 Å². The van der Waals surface area contributed by atoms with Crippen LogP contribution in [-0.2, 0) is 9.59 Å². The molecule has 1 heterocycles. The summed E-state index contributed by atoms with van der Waals surface area (Å²) in [4.78, 5) is 30.5. The molecule has 0 atom stereocenters. The van der Waals surface area contributed by atoms with Gasteiger partial charge in [0.05, 0.1) is 0 Å². The van der Waals surface area contributed by atoms with Crippen molar-refractivity contribution in [2.75, 3.05) is 52.6 Å². The molecule has 0 aromatic heterocycles. The fourth-order valence-electron chi connectivity index (χ4n) is 3.11. The van der Waals surface area contributed by atoms with E-state index in [1.54, 1.807) is 13.1 Å². The summed E-state index contributed by atoms with van der Waals surface area (Å²) in [7, 11) is 5.93. The predicted octanol–water partition coefficient (Wildman–Crippen LogP) is 1.42. The average molecular weight is 346 g/mol. The third kappa shape index (κ3) is 5.83. The van der Waals surface area contributed by atoms with Gasteiger partial charge >= 0.3 is 11.8 Å². The van der Waals surface area contributed by atoms with Crippen LogP contribution >= 0.6 is 0 Å². The maximum atomic E-state index is 12.3. The van der Waals surface area contributed by atoms with Crippen LogP contribution in [0.25, 0.3) is 0 Å². The van der Waals surface area contributed by atoms with Crippen LogP contribution in [0.4, 0.5) is 5.69 Å². The van der Waals surface area contributed by atoms with Gasteiger partial charge in [-0.3, -0.25) is 9.59 Å². The van der Waals surface area contributed by atoms with Gasteiger partial charge in [-0.25, -0.2) is 0 Å². The van der Waals surface area contributed by atoms with E-state index in [-0.39, 0.29) is 0 Å². The van der Waals surface area contributed by atoms with E-state index in [0.717, 1.165) is 38.0 Å². The van der Waals surface area contributed by atoms with Gasteiger partial charge in [-0.15, -0.1) is 0 Å². The van der Waals surface area contributed by atoms with Gasteiger partial charge in [0.1, 0.15) is 0 Å². The zero-order valence-electron chi connectivity index (χ0n) is 15.8. The Kier molecular flexibility index (Phi) is 6.96. The van der Waals surface area contributed by atoms with Crippen molar-refractivity contribution in [2.45, 2.75) is 25.8 Å². The number of likely N-dealkylation sites (N-methyl/N-ethyl adjacent to an activating group) is 2. The molecule has 1 aromatic rings. The van der Waals surface area contributed by atoms with Gasteiger partial charge in [-0.05, 0) is 64.6 Å². The topological polar surface area (TPSA) is 55.9 Å². The molecule has 1 aliphatic rings. The Balaban J connectivity index is 1.78. The number of aryl methyl sites for hydroxylation is 1. The van der Waals surface area contributed by atoms with Crippen molar-refractivity contribution in [3.8, 4) is 0 Å². The average Bonchev–Trinajstić information content (AvgIpc) is 2.59. The molecule has 0 spiro atoms. The van der Waals surface area contributed by atoms with E-state index in [0.29, 0.717) is 18.3 Å². The number of anilines is 1. The van der Waals surface area contributed by atoms with Crippen LogP contribution in [-0.4, -0.2) is 79.9 Å². The fourth-order valence-corrected chi connectivity index (χ4v) is 3.11. The molecule has 6 heteroatoms. The molecule has 1 saturated heterocycles. The van der Waals surface area contributed by atoms with Crippen molar-refractivity contribution in [3.63, 3.8) is 0 Å². The van der Waals surface area contributed by atoms with Crippen LogP contribution in [0, 0.1) is 6.92 Å². The molecule has 0 aliphatic carbocycles.